The summed E-state index contributed by atoms with van der Waals surface area (Å²) in [6.07, 6.45) is 0.926. The standard InChI is InChI=1S/C7H10N2O2/c10-6-5-4(1-2-8-6)3-9-7(5)11/h4-5H,1-3H2,(H,8,10)(H,9,11)/t4-,5+/m1/s1. The average molecular weight is 154 g/mol. The first-order valence-electron chi connectivity index (χ1n) is 3.84. The Balaban J connectivity index is 2.21. The van der Waals surface area contributed by atoms with Gasteiger partial charge < -0.3 is 10.6 Å². The van der Waals surface area contributed by atoms with Gasteiger partial charge >= 0.3 is 0 Å². The smallest absolute Gasteiger partial charge is 0.232 e. The van der Waals surface area contributed by atoms with Gasteiger partial charge in [-0.05, 0) is 12.3 Å². The molecule has 2 aliphatic heterocycles. The summed E-state index contributed by atoms with van der Waals surface area (Å²) in [6.45, 7) is 1.39. The summed E-state index contributed by atoms with van der Waals surface area (Å²) in [5.41, 5.74) is 0. The largest absolute Gasteiger partial charge is 0.355 e. The van der Waals surface area contributed by atoms with Crippen LogP contribution in [0, 0.1) is 11.8 Å². The topological polar surface area (TPSA) is 58.2 Å². The highest BCUT2D eigenvalue weighted by molar-refractivity contribution is 6.02. The van der Waals surface area contributed by atoms with Gasteiger partial charge in [-0.1, -0.05) is 0 Å². The normalized spacial score (nSPS) is 36.0. The molecule has 0 spiro atoms. The van der Waals surface area contributed by atoms with Crippen molar-refractivity contribution in [3.63, 3.8) is 0 Å². The number of rotatable bonds is 0. The fraction of sp³-hybridized carbons (Fsp3) is 0.714. The van der Waals surface area contributed by atoms with E-state index in [0.29, 0.717) is 6.54 Å². The molecule has 0 aliphatic carbocycles. The van der Waals surface area contributed by atoms with E-state index in [2.05, 4.69) is 10.6 Å². The summed E-state index contributed by atoms with van der Waals surface area (Å²) in [4.78, 5) is 22.2. The Hall–Kier alpha value is -1.06. The Labute approximate surface area is 64.3 Å². The molecule has 2 amide bonds. The minimum Gasteiger partial charge on any atom is -0.355 e. The SMILES string of the molecule is O=C1NCC[C@@H]2CNC(=O)[C@H]12. The van der Waals surface area contributed by atoms with E-state index in [4.69, 9.17) is 0 Å². The van der Waals surface area contributed by atoms with Crippen molar-refractivity contribution in [2.45, 2.75) is 6.42 Å². The molecular weight excluding hydrogens is 144 g/mol. The fourth-order valence-electron chi connectivity index (χ4n) is 1.77. The summed E-state index contributed by atoms with van der Waals surface area (Å²) in [5.74, 6) is -0.358. The van der Waals surface area contributed by atoms with Crippen LogP contribution in [-0.4, -0.2) is 24.9 Å². The number of piperidine rings is 1. The monoisotopic (exact) mass is 154 g/mol. The molecule has 2 atom stereocenters. The quantitative estimate of drug-likeness (QED) is 0.434. The van der Waals surface area contributed by atoms with Gasteiger partial charge in [-0.25, -0.2) is 0 Å². The molecule has 2 N–H and O–H groups in total. The van der Waals surface area contributed by atoms with Crippen molar-refractivity contribution in [1.29, 1.82) is 0 Å². The van der Waals surface area contributed by atoms with E-state index >= 15 is 0 Å². The molecule has 4 nitrogen and oxygen atoms in total. The number of carbonyl (C=O) groups is 2. The zero-order valence-electron chi connectivity index (χ0n) is 6.09. The lowest BCUT2D eigenvalue weighted by Crippen LogP contribution is -2.43. The van der Waals surface area contributed by atoms with E-state index in [-0.39, 0.29) is 17.7 Å². The molecule has 2 rings (SSSR count). The van der Waals surface area contributed by atoms with Crippen LogP contribution >= 0.6 is 0 Å². The van der Waals surface area contributed by atoms with E-state index in [9.17, 15) is 9.59 Å². The molecule has 4 heteroatoms. The molecule has 0 saturated carbocycles. The Bertz CT molecular complexity index is 214. The molecule has 11 heavy (non-hydrogen) atoms. The van der Waals surface area contributed by atoms with Crippen LogP contribution in [0.4, 0.5) is 0 Å². The third kappa shape index (κ3) is 0.895. The average Bonchev–Trinajstić information content (AvgIpc) is 2.34. The molecule has 0 aromatic rings. The first-order chi connectivity index (χ1) is 5.29. The van der Waals surface area contributed by atoms with Crippen LogP contribution in [0.3, 0.4) is 0 Å². The van der Waals surface area contributed by atoms with Crippen LogP contribution in [0.5, 0.6) is 0 Å². The van der Waals surface area contributed by atoms with E-state index in [0.717, 1.165) is 13.0 Å². The van der Waals surface area contributed by atoms with E-state index in [1.54, 1.807) is 0 Å². The maximum absolute atomic E-state index is 11.1. The molecule has 60 valence electrons. The Morgan fingerprint density at radius 3 is 2.64 bits per heavy atom. The summed E-state index contributed by atoms with van der Waals surface area (Å²) >= 11 is 0. The molecule has 0 radical (unpaired) electrons. The van der Waals surface area contributed by atoms with Gasteiger partial charge in [0.1, 0.15) is 5.92 Å². The summed E-state index contributed by atoms with van der Waals surface area (Å²) in [6, 6.07) is 0. The van der Waals surface area contributed by atoms with Gasteiger partial charge in [-0.3, -0.25) is 9.59 Å². The lowest BCUT2D eigenvalue weighted by atomic mass is 9.89. The highest BCUT2D eigenvalue weighted by Crippen LogP contribution is 2.23. The van der Waals surface area contributed by atoms with Gasteiger partial charge in [0.15, 0.2) is 0 Å². The molecule has 0 bridgehead atoms. The number of carbonyl (C=O) groups excluding carboxylic acids is 2. The second-order valence-corrected chi connectivity index (χ2v) is 3.06. The number of hydrogen-bond acceptors (Lipinski definition) is 2. The van der Waals surface area contributed by atoms with Crippen molar-refractivity contribution >= 4 is 11.8 Å². The van der Waals surface area contributed by atoms with E-state index in [1.807, 2.05) is 0 Å². The van der Waals surface area contributed by atoms with Crippen molar-refractivity contribution in [3.8, 4) is 0 Å². The van der Waals surface area contributed by atoms with Crippen molar-refractivity contribution in [3.05, 3.63) is 0 Å². The maximum atomic E-state index is 11.1. The molecule has 0 unspecified atom stereocenters. The van der Waals surface area contributed by atoms with Crippen molar-refractivity contribution < 1.29 is 9.59 Å². The van der Waals surface area contributed by atoms with Gasteiger partial charge in [0, 0.05) is 13.1 Å². The minimum absolute atomic E-state index is 0.101. The van der Waals surface area contributed by atoms with Gasteiger partial charge in [0.05, 0.1) is 0 Å². The maximum Gasteiger partial charge on any atom is 0.232 e. The van der Waals surface area contributed by atoms with Crippen LogP contribution < -0.4 is 10.6 Å². The molecule has 0 aromatic heterocycles. The molecular formula is C7H10N2O2. The Kier molecular flexibility index (Phi) is 1.34. The Morgan fingerprint density at radius 2 is 1.91 bits per heavy atom. The van der Waals surface area contributed by atoms with Crippen molar-refractivity contribution in [1.82, 2.24) is 10.6 Å². The highest BCUT2D eigenvalue weighted by atomic mass is 16.2. The molecule has 2 saturated heterocycles. The van der Waals surface area contributed by atoms with Crippen LogP contribution in [-0.2, 0) is 9.59 Å². The van der Waals surface area contributed by atoms with Gasteiger partial charge in [-0.2, -0.15) is 0 Å². The van der Waals surface area contributed by atoms with Crippen LogP contribution in [0.15, 0.2) is 0 Å². The lowest BCUT2D eigenvalue weighted by Gasteiger charge is -2.21. The molecule has 0 aromatic carbocycles. The van der Waals surface area contributed by atoms with E-state index in [1.165, 1.54) is 0 Å². The zero-order valence-corrected chi connectivity index (χ0v) is 6.09. The second-order valence-electron chi connectivity index (χ2n) is 3.06. The lowest BCUT2D eigenvalue weighted by molar-refractivity contribution is -0.135. The number of fused-ring (bicyclic) bond motifs is 1. The summed E-state index contributed by atoms with van der Waals surface area (Å²) in [5, 5.41) is 5.38. The van der Waals surface area contributed by atoms with E-state index < -0.39 is 5.92 Å². The van der Waals surface area contributed by atoms with Gasteiger partial charge in [-0.15, -0.1) is 0 Å². The van der Waals surface area contributed by atoms with Crippen molar-refractivity contribution in [2.24, 2.45) is 11.8 Å². The van der Waals surface area contributed by atoms with Gasteiger partial charge in [0.2, 0.25) is 11.8 Å². The highest BCUT2D eigenvalue weighted by Gasteiger charge is 2.41. The van der Waals surface area contributed by atoms with Gasteiger partial charge in [0.25, 0.3) is 0 Å². The second kappa shape index (κ2) is 2.22. The van der Waals surface area contributed by atoms with Crippen LogP contribution in [0.2, 0.25) is 0 Å². The number of amides is 2. The Morgan fingerprint density at radius 1 is 1.18 bits per heavy atom. The molecule has 2 heterocycles. The zero-order chi connectivity index (χ0) is 7.84. The molecule has 2 fully saturated rings. The summed E-state index contributed by atoms with van der Waals surface area (Å²) in [7, 11) is 0. The third-order valence-corrected chi connectivity index (χ3v) is 2.39. The molecule has 2 aliphatic rings. The van der Waals surface area contributed by atoms with Crippen LogP contribution in [0.25, 0.3) is 0 Å². The third-order valence-electron chi connectivity index (χ3n) is 2.39. The first kappa shape index (κ1) is 6.64. The fourth-order valence-corrected chi connectivity index (χ4v) is 1.77. The predicted octanol–water partition coefficient (Wildman–Crippen LogP) is -1.13. The summed E-state index contributed by atoms with van der Waals surface area (Å²) < 4.78 is 0. The number of nitrogens with one attached hydrogen (secondary N) is 2. The van der Waals surface area contributed by atoms with Crippen LogP contribution in [0.1, 0.15) is 6.42 Å². The van der Waals surface area contributed by atoms with Crippen molar-refractivity contribution in [2.75, 3.05) is 13.1 Å². The predicted molar refractivity (Wildman–Crippen MR) is 37.6 cm³/mol. The number of hydrogen-bond donors (Lipinski definition) is 2. The first-order valence-corrected chi connectivity index (χ1v) is 3.84. The minimum atomic E-state index is -0.399.